The molecule has 2 aromatic carbocycles. The Morgan fingerprint density at radius 2 is 1.64 bits per heavy atom. The van der Waals surface area contributed by atoms with Gasteiger partial charge in [0.05, 0.1) is 13.2 Å². The molecule has 2 aromatic rings. The number of nitrogens with two attached hydrogens (primary N) is 1. The number of carbonyl (C=O) groups excluding carboxylic acids is 1. The van der Waals surface area contributed by atoms with Gasteiger partial charge in [0, 0.05) is 6.54 Å². The summed E-state index contributed by atoms with van der Waals surface area (Å²) in [6.45, 7) is 2.36. The zero-order valence-corrected chi connectivity index (χ0v) is 14.8. The summed E-state index contributed by atoms with van der Waals surface area (Å²) in [5, 5.41) is 6.31. The quantitative estimate of drug-likeness (QED) is 0.747. The maximum absolute atomic E-state index is 11.9. The van der Waals surface area contributed by atoms with Crippen LogP contribution in [0, 0.1) is 0 Å². The zero-order chi connectivity index (χ0) is 18.3. The maximum Gasteiger partial charge on any atom is 0.239 e. The lowest BCUT2D eigenvalue weighted by Crippen LogP contribution is -2.40. The van der Waals surface area contributed by atoms with E-state index in [0.29, 0.717) is 13.2 Å². The summed E-state index contributed by atoms with van der Waals surface area (Å²) < 4.78 is 28.2. The summed E-state index contributed by atoms with van der Waals surface area (Å²) in [5.41, 5.74) is 2.88. The minimum atomic E-state index is -3.90. The Balaban J connectivity index is 1.92. The third-order valence-corrected chi connectivity index (χ3v) is 5.00. The number of hydrogen-bond acceptors (Lipinski definition) is 4. The first-order chi connectivity index (χ1) is 11.9. The average molecular weight is 362 g/mol. The topological polar surface area (TPSA) is 98.5 Å². The molecule has 0 saturated carbocycles. The standard InChI is InChI=1S/C18H22N2O4S/c1-14(25(19,22)23)18(21)20-11-16-9-5-6-10-17(16)13-24-12-15-7-3-2-4-8-15/h2-10,14H,11-13H2,1H3,(H,20,21)(H2,19,22,23). The lowest BCUT2D eigenvalue weighted by atomic mass is 10.1. The van der Waals surface area contributed by atoms with Crippen LogP contribution in [0.4, 0.5) is 0 Å². The molecule has 1 amide bonds. The van der Waals surface area contributed by atoms with Crippen LogP contribution in [-0.2, 0) is 39.3 Å². The third kappa shape index (κ3) is 5.97. The Morgan fingerprint density at radius 3 is 2.28 bits per heavy atom. The fraction of sp³-hybridized carbons (Fsp3) is 0.278. The van der Waals surface area contributed by atoms with Crippen LogP contribution in [0.1, 0.15) is 23.6 Å². The second kappa shape index (κ2) is 8.75. The van der Waals surface area contributed by atoms with E-state index in [1.807, 2.05) is 54.6 Å². The van der Waals surface area contributed by atoms with Crippen LogP contribution in [0.15, 0.2) is 54.6 Å². The Labute approximate surface area is 148 Å². The molecule has 0 aromatic heterocycles. The van der Waals surface area contributed by atoms with Crippen molar-refractivity contribution in [2.75, 3.05) is 0 Å². The number of amides is 1. The number of rotatable bonds is 8. The third-order valence-electron chi connectivity index (χ3n) is 3.80. The summed E-state index contributed by atoms with van der Waals surface area (Å²) in [6, 6.07) is 17.3. The van der Waals surface area contributed by atoms with Gasteiger partial charge >= 0.3 is 0 Å². The van der Waals surface area contributed by atoms with Gasteiger partial charge in [0.15, 0.2) is 5.25 Å². The molecule has 0 bridgehead atoms. The van der Waals surface area contributed by atoms with Crippen molar-refractivity contribution in [3.8, 4) is 0 Å². The Hall–Kier alpha value is -2.22. The Bertz CT molecular complexity index is 807. The largest absolute Gasteiger partial charge is 0.372 e. The van der Waals surface area contributed by atoms with Crippen LogP contribution in [0.25, 0.3) is 0 Å². The molecule has 0 saturated heterocycles. The minimum Gasteiger partial charge on any atom is -0.372 e. The van der Waals surface area contributed by atoms with Gasteiger partial charge in [-0.25, -0.2) is 13.6 Å². The van der Waals surface area contributed by atoms with Crippen LogP contribution < -0.4 is 10.5 Å². The molecule has 25 heavy (non-hydrogen) atoms. The molecular formula is C18H22N2O4S. The molecule has 7 heteroatoms. The van der Waals surface area contributed by atoms with E-state index in [-0.39, 0.29) is 6.54 Å². The van der Waals surface area contributed by atoms with Gasteiger partial charge in [-0.2, -0.15) is 0 Å². The zero-order valence-electron chi connectivity index (χ0n) is 14.0. The molecular weight excluding hydrogens is 340 g/mol. The van der Waals surface area contributed by atoms with Crippen molar-refractivity contribution in [2.24, 2.45) is 5.14 Å². The van der Waals surface area contributed by atoms with Gasteiger partial charge in [0.1, 0.15) is 0 Å². The Kier molecular flexibility index (Phi) is 6.69. The average Bonchev–Trinajstić information content (AvgIpc) is 2.60. The SMILES string of the molecule is CC(C(=O)NCc1ccccc1COCc1ccccc1)S(N)(=O)=O. The summed E-state index contributed by atoms with van der Waals surface area (Å²) in [6.07, 6.45) is 0. The van der Waals surface area contributed by atoms with E-state index in [1.54, 1.807) is 0 Å². The van der Waals surface area contributed by atoms with E-state index < -0.39 is 21.2 Å². The highest BCUT2D eigenvalue weighted by molar-refractivity contribution is 7.90. The normalized spacial score (nSPS) is 12.6. The van der Waals surface area contributed by atoms with Gasteiger partial charge in [0.2, 0.25) is 15.9 Å². The predicted octanol–water partition coefficient (Wildman–Crippen LogP) is 1.70. The summed E-state index contributed by atoms with van der Waals surface area (Å²) >= 11 is 0. The first-order valence-electron chi connectivity index (χ1n) is 7.85. The van der Waals surface area contributed by atoms with Gasteiger partial charge in [-0.05, 0) is 23.6 Å². The molecule has 1 atom stereocenters. The number of ether oxygens (including phenoxy) is 1. The second-order valence-electron chi connectivity index (χ2n) is 5.70. The monoisotopic (exact) mass is 362 g/mol. The number of primary sulfonamides is 1. The highest BCUT2D eigenvalue weighted by atomic mass is 32.2. The van der Waals surface area contributed by atoms with Crippen molar-refractivity contribution >= 4 is 15.9 Å². The molecule has 0 aliphatic rings. The molecule has 0 spiro atoms. The van der Waals surface area contributed by atoms with Crippen LogP contribution in [0.3, 0.4) is 0 Å². The van der Waals surface area contributed by atoms with Crippen molar-refractivity contribution < 1.29 is 17.9 Å². The van der Waals surface area contributed by atoms with Crippen molar-refractivity contribution in [1.82, 2.24) is 5.32 Å². The molecule has 2 rings (SSSR count). The molecule has 0 aliphatic heterocycles. The molecule has 3 N–H and O–H groups in total. The minimum absolute atomic E-state index is 0.212. The van der Waals surface area contributed by atoms with Gasteiger partial charge < -0.3 is 10.1 Å². The van der Waals surface area contributed by atoms with Gasteiger partial charge in [0.25, 0.3) is 0 Å². The molecule has 6 nitrogen and oxygen atoms in total. The van der Waals surface area contributed by atoms with Gasteiger partial charge in [-0.1, -0.05) is 54.6 Å². The lowest BCUT2D eigenvalue weighted by molar-refractivity contribution is -0.120. The van der Waals surface area contributed by atoms with Crippen molar-refractivity contribution in [3.05, 3.63) is 71.3 Å². The van der Waals surface area contributed by atoms with Crippen LogP contribution in [-0.4, -0.2) is 19.6 Å². The molecule has 0 fully saturated rings. The molecule has 0 aliphatic carbocycles. The van der Waals surface area contributed by atoms with Crippen molar-refractivity contribution in [1.29, 1.82) is 0 Å². The van der Waals surface area contributed by atoms with Gasteiger partial charge in [-0.15, -0.1) is 0 Å². The van der Waals surface area contributed by atoms with E-state index in [4.69, 9.17) is 9.88 Å². The van der Waals surface area contributed by atoms with Crippen molar-refractivity contribution in [3.63, 3.8) is 0 Å². The van der Waals surface area contributed by atoms with Crippen LogP contribution in [0.5, 0.6) is 0 Å². The van der Waals surface area contributed by atoms with Crippen LogP contribution in [0.2, 0.25) is 0 Å². The summed E-state index contributed by atoms with van der Waals surface area (Å²) in [4.78, 5) is 11.9. The summed E-state index contributed by atoms with van der Waals surface area (Å²) in [5.74, 6) is -0.623. The number of carbonyl (C=O) groups is 1. The van der Waals surface area contributed by atoms with E-state index in [0.717, 1.165) is 16.7 Å². The highest BCUT2D eigenvalue weighted by Gasteiger charge is 2.23. The lowest BCUT2D eigenvalue weighted by Gasteiger charge is -2.13. The predicted molar refractivity (Wildman–Crippen MR) is 95.8 cm³/mol. The first kappa shape index (κ1) is 19.1. The number of benzene rings is 2. The fourth-order valence-electron chi connectivity index (χ4n) is 2.20. The maximum atomic E-state index is 11.9. The Morgan fingerprint density at radius 1 is 1.04 bits per heavy atom. The van der Waals surface area contributed by atoms with Gasteiger partial charge in [-0.3, -0.25) is 4.79 Å². The fourth-order valence-corrected chi connectivity index (χ4v) is 2.58. The van der Waals surface area contributed by atoms with Crippen LogP contribution >= 0.6 is 0 Å². The van der Waals surface area contributed by atoms with E-state index >= 15 is 0 Å². The number of nitrogens with one attached hydrogen (secondary N) is 1. The van der Waals surface area contributed by atoms with E-state index in [9.17, 15) is 13.2 Å². The molecule has 0 radical (unpaired) electrons. The van der Waals surface area contributed by atoms with Crippen molar-refractivity contribution in [2.45, 2.75) is 31.9 Å². The van der Waals surface area contributed by atoms with E-state index in [2.05, 4.69) is 5.32 Å². The first-order valence-corrected chi connectivity index (χ1v) is 9.46. The number of sulfonamides is 1. The molecule has 1 unspecified atom stereocenters. The van der Waals surface area contributed by atoms with E-state index in [1.165, 1.54) is 6.92 Å². The molecule has 134 valence electrons. The molecule has 0 heterocycles. The number of hydrogen-bond donors (Lipinski definition) is 2. The second-order valence-corrected chi connectivity index (χ2v) is 7.58. The smallest absolute Gasteiger partial charge is 0.239 e. The summed E-state index contributed by atoms with van der Waals surface area (Å²) in [7, 11) is -3.90. The highest BCUT2D eigenvalue weighted by Crippen LogP contribution is 2.12.